The molecule has 2 unspecified atom stereocenters. The molecule has 0 bridgehead atoms. The lowest BCUT2D eigenvalue weighted by Gasteiger charge is -2.50. The quantitative estimate of drug-likeness (QED) is 0.698. The number of hydrogen-bond donors (Lipinski definition) is 1. The van der Waals surface area contributed by atoms with Crippen molar-refractivity contribution in [1.29, 1.82) is 0 Å². The Morgan fingerprint density at radius 1 is 1.05 bits per heavy atom. The number of unbranched alkanes of at least 4 members (excludes halogenated alkanes) is 4. The van der Waals surface area contributed by atoms with Crippen LogP contribution in [0.5, 0.6) is 0 Å². The Morgan fingerprint density at radius 2 is 1.86 bits per heavy atom. The first kappa shape index (κ1) is 17.2. The number of piperazine rings is 1. The van der Waals surface area contributed by atoms with Crippen LogP contribution in [0.15, 0.2) is 0 Å². The van der Waals surface area contributed by atoms with Gasteiger partial charge < -0.3 is 5.73 Å². The fourth-order valence-electron chi connectivity index (χ4n) is 4.14. The molecule has 2 N–H and O–H groups in total. The van der Waals surface area contributed by atoms with Gasteiger partial charge in [-0.15, -0.1) is 0 Å². The maximum Gasteiger partial charge on any atom is 0.0304 e. The molecule has 0 amide bonds. The highest BCUT2D eigenvalue weighted by Crippen LogP contribution is 2.28. The van der Waals surface area contributed by atoms with E-state index in [-0.39, 0.29) is 5.54 Å². The smallest absolute Gasteiger partial charge is 0.0304 e. The zero-order valence-corrected chi connectivity index (χ0v) is 14.4. The molecule has 0 radical (unpaired) electrons. The van der Waals surface area contributed by atoms with Crippen LogP contribution in [0.2, 0.25) is 0 Å². The molecule has 2 saturated heterocycles. The highest BCUT2D eigenvalue weighted by Gasteiger charge is 2.37. The van der Waals surface area contributed by atoms with Crippen LogP contribution in [0.3, 0.4) is 0 Å². The van der Waals surface area contributed by atoms with Gasteiger partial charge in [-0.2, -0.15) is 0 Å². The SMILES string of the molecule is CCCCCCCC(C)(CN)N1CCN2CCCCC2C1. The van der Waals surface area contributed by atoms with Crippen LogP contribution >= 0.6 is 0 Å². The second kappa shape index (κ2) is 8.50. The number of fused-ring (bicyclic) bond motifs is 1. The third kappa shape index (κ3) is 4.67. The van der Waals surface area contributed by atoms with Crippen molar-refractivity contribution >= 4 is 0 Å². The minimum Gasteiger partial charge on any atom is -0.329 e. The van der Waals surface area contributed by atoms with Gasteiger partial charge in [0, 0.05) is 37.8 Å². The normalized spacial score (nSPS) is 27.3. The van der Waals surface area contributed by atoms with Gasteiger partial charge in [-0.25, -0.2) is 0 Å². The molecule has 3 nitrogen and oxygen atoms in total. The standard InChI is InChI=1S/C18H37N3/c1-3-4-5-6-8-11-18(2,16-19)21-14-13-20-12-9-7-10-17(20)15-21/h17H,3-16,19H2,1-2H3. The molecule has 3 heteroatoms. The van der Waals surface area contributed by atoms with E-state index in [1.54, 1.807) is 0 Å². The summed E-state index contributed by atoms with van der Waals surface area (Å²) in [4.78, 5) is 5.44. The fourth-order valence-corrected chi connectivity index (χ4v) is 4.14. The first-order valence-corrected chi connectivity index (χ1v) is 9.39. The lowest BCUT2D eigenvalue weighted by molar-refractivity contribution is -0.00827. The van der Waals surface area contributed by atoms with Gasteiger partial charge in [-0.3, -0.25) is 9.80 Å². The van der Waals surface area contributed by atoms with Crippen molar-refractivity contribution in [3.05, 3.63) is 0 Å². The summed E-state index contributed by atoms with van der Waals surface area (Å²) < 4.78 is 0. The molecule has 0 aromatic carbocycles. The minimum absolute atomic E-state index is 0.232. The Hall–Kier alpha value is -0.120. The minimum atomic E-state index is 0.232. The molecule has 0 saturated carbocycles. The predicted octanol–water partition coefficient (Wildman–Crippen LogP) is 3.23. The molecule has 2 atom stereocenters. The van der Waals surface area contributed by atoms with Gasteiger partial charge in [-0.1, -0.05) is 45.4 Å². The molecule has 124 valence electrons. The van der Waals surface area contributed by atoms with E-state index in [0.717, 1.165) is 12.6 Å². The summed E-state index contributed by atoms with van der Waals surface area (Å²) in [6.07, 6.45) is 12.3. The van der Waals surface area contributed by atoms with Crippen LogP contribution in [0.1, 0.15) is 71.6 Å². The van der Waals surface area contributed by atoms with Crippen LogP contribution in [0.25, 0.3) is 0 Å². The van der Waals surface area contributed by atoms with Gasteiger partial charge in [0.1, 0.15) is 0 Å². The number of hydrogen-bond acceptors (Lipinski definition) is 3. The molecule has 2 rings (SSSR count). The highest BCUT2D eigenvalue weighted by molar-refractivity contribution is 4.94. The topological polar surface area (TPSA) is 32.5 Å². The summed E-state index contributed by atoms with van der Waals surface area (Å²) in [6.45, 7) is 10.6. The average molecular weight is 296 g/mol. The molecular weight excluding hydrogens is 258 g/mol. The van der Waals surface area contributed by atoms with Crippen LogP contribution in [0, 0.1) is 0 Å². The maximum atomic E-state index is 6.19. The zero-order chi connectivity index (χ0) is 15.1. The molecule has 0 aromatic heterocycles. The lowest BCUT2D eigenvalue weighted by Crippen LogP contribution is -2.62. The van der Waals surface area contributed by atoms with Gasteiger partial charge in [0.2, 0.25) is 0 Å². The Balaban J connectivity index is 1.81. The monoisotopic (exact) mass is 295 g/mol. The van der Waals surface area contributed by atoms with Crippen molar-refractivity contribution in [2.75, 3.05) is 32.7 Å². The summed E-state index contributed by atoms with van der Waals surface area (Å²) in [5.74, 6) is 0. The predicted molar refractivity (Wildman–Crippen MR) is 91.6 cm³/mol. The Labute approximate surface area is 132 Å². The molecule has 2 heterocycles. The van der Waals surface area contributed by atoms with Crippen molar-refractivity contribution < 1.29 is 0 Å². The molecule has 2 aliphatic rings. The number of rotatable bonds is 8. The van der Waals surface area contributed by atoms with E-state index in [1.165, 1.54) is 84.0 Å². The Kier molecular flexibility index (Phi) is 6.97. The van der Waals surface area contributed by atoms with Gasteiger partial charge in [0.05, 0.1) is 0 Å². The first-order chi connectivity index (χ1) is 10.2. The summed E-state index contributed by atoms with van der Waals surface area (Å²) in [7, 11) is 0. The number of nitrogens with zero attached hydrogens (tertiary/aromatic N) is 2. The van der Waals surface area contributed by atoms with E-state index >= 15 is 0 Å². The van der Waals surface area contributed by atoms with Crippen molar-refractivity contribution in [3.63, 3.8) is 0 Å². The molecule has 0 aromatic rings. The third-order valence-corrected chi connectivity index (χ3v) is 5.86. The van der Waals surface area contributed by atoms with Crippen molar-refractivity contribution in [2.24, 2.45) is 5.73 Å². The molecule has 0 spiro atoms. The first-order valence-electron chi connectivity index (χ1n) is 9.39. The molecular formula is C18H37N3. The van der Waals surface area contributed by atoms with E-state index in [4.69, 9.17) is 5.73 Å². The maximum absolute atomic E-state index is 6.19. The van der Waals surface area contributed by atoms with Gasteiger partial charge in [0.15, 0.2) is 0 Å². The van der Waals surface area contributed by atoms with E-state index in [9.17, 15) is 0 Å². The Bertz CT molecular complexity index is 294. The average Bonchev–Trinajstić information content (AvgIpc) is 2.54. The Morgan fingerprint density at radius 3 is 2.62 bits per heavy atom. The van der Waals surface area contributed by atoms with Crippen LogP contribution in [-0.2, 0) is 0 Å². The lowest BCUT2D eigenvalue weighted by atomic mass is 9.89. The summed E-state index contributed by atoms with van der Waals surface area (Å²) in [6, 6.07) is 0.804. The molecule has 21 heavy (non-hydrogen) atoms. The molecule has 2 fully saturated rings. The fraction of sp³-hybridized carbons (Fsp3) is 1.00. The van der Waals surface area contributed by atoms with E-state index in [2.05, 4.69) is 23.6 Å². The van der Waals surface area contributed by atoms with Crippen molar-refractivity contribution in [1.82, 2.24) is 9.80 Å². The van der Waals surface area contributed by atoms with Crippen LogP contribution < -0.4 is 5.73 Å². The molecule has 2 aliphatic heterocycles. The number of piperidine rings is 1. The van der Waals surface area contributed by atoms with Crippen molar-refractivity contribution in [3.8, 4) is 0 Å². The van der Waals surface area contributed by atoms with E-state index < -0.39 is 0 Å². The van der Waals surface area contributed by atoms with Crippen molar-refractivity contribution in [2.45, 2.75) is 83.2 Å². The highest BCUT2D eigenvalue weighted by atomic mass is 15.3. The number of nitrogens with two attached hydrogens (primary N) is 1. The van der Waals surface area contributed by atoms with E-state index in [0.29, 0.717) is 0 Å². The zero-order valence-electron chi connectivity index (χ0n) is 14.4. The summed E-state index contributed by atoms with van der Waals surface area (Å²) in [5.41, 5.74) is 6.42. The van der Waals surface area contributed by atoms with E-state index in [1.807, 2.05) is 0 Å². The summed E-state index contributed by atoms with van der Waals surface area (Å²) >= 11 is 0. The van der Waals surface area contributed by atoms with Gasteiger partial charge in [0.25, 0.3) is 0 Å². The molecule has 0 aliphatic carbocycles. The van der Waals surface area contributed by atoms with Crippen LogP contribution in [0.4, 0.5) is 0 Å². The van der Waals surface area contributed by atoms with Gasteiger partial charge >= 0.3 is 0 Å². The van der Waals surface area contributed by atoms with Crippen LogP contribution in [-0.4, -0.2) is 54.1 Å². The largest absolute Gasteiger partial charge is 0.329 e. The second-order valence-corrected chi connectivity index (χ2v) is 7.50. The summed E-state index contributed by atoms with van der Waals surface area (Å²) in [5, 5.41) is 0. The van der Waals surface area contributed by atoms with Gasteiger partial charge in [-0.05, 0) is 32.7 Å². The third-order valence-electron chi connectivity index (χ3n) is 5.86. The second-order valence-electron chi connectivity index (χ2n) is 7.50.